The van der Waals surface area contributed by atoms with Gasteiger partial charge in [-0.05, 0) is 43.7 Å². The number of aromatic nitrogens is 1. The normalized spacial score (nSPS) is 35.8. The first-order valence-electron chi connectivity index (χ1n) is 6.32. The molecule has 0 saturated heterocycles. The molecule has 0 unspecified atom stereocenters. The summed E-state index contributed by atoms with van der Waals surface area (Å²) in [7, 11) is 0. The largest absolute Gasteiger partial charge is 0.392 e. The number of nitrogens with zero attached hydrogens (tertiary/aromatic N) is 1. The van der Waals surface area contributed by atoms with Crippen LogP contribution in [0, 0.1) is 5.92 Å². The van der Waals surface area contributed by atoms with Crippen LogP contribution in [0.2, 0.25) is 0 Å². The number of para-hydroxylation sites is 1. The molecule has 17 heavy (non-hydrogen) atoms. The first kappa shape index (κ1) is 10.0. The van der Waals surface area contributed by atoms with Crippen molar-refractivity contribution in [3.8, 4) is 0 Å². The van der Waals surface area contributed by atoms with Gasteiger partial charge in [0, 0.05) is 5.41 Å². The predicted octanol–water partition coefficient (Wildman–Crippen LogP) is 3.10. The molecule has 0 spiro atoms. The average Bonchev–Trinajstić information content (AvgIpc) is 2.99. The molecular weight excluding hydrogens is 230 g/mol. The molecule has 1 N–H and O–H groups in total. The third kappa shape index (κ3) is 1.27. The molecule has 0 aliphatic heterocycles. The van der Waals surface area contributed by atoms with Crippen LogP contribution < -0.4 is 0 Å². The van der Waals surface area contributed by atoms with Gasteiger partial charge in [0.15, 0.2) is 0 Å². The minimum Gasteiger partial charge on any atom is -0.392 e. The van der Waals surface area contributed by atoms with Crippen molar-refractivity contribution in [3.05, 3.63) is 29.3 Å². The SMILES string of the molecule is O[C@@H]1C[C@H]2CC[C@@]1(c1nc3ccccc3s1)C2. The van der Waals surface area contributed by atoms with Crippen LogP contribution >= 0.6 is 11.3 Å². The molecule has 3 atom stereocenters. The smallest absolute Gasteiger partial charge is 0.103 e. The fourth-order valence-electron chi connectivity index (χ4n) is 3.65. The molecule has 4 rings (SSSR count). The van der Waals surface area contributed by atoms with Crippen molar-refractivity contribution in [2.75, 3.05) is 0 Å². The summed E-state index contributed by atoms with van der Waals surface area (Å²) in [6, 6.07) is 8.29. The maximum Gasteiger partial charge on any atom is 0.103 e. The van der Waals surface area contributed by atoms with E-state index in [-0.39, 0.29) is 11.5 Å². The Morgan fingerprint density at radius 1 is 1.35 bits per heavy atom. The van der Waals surface area contributed by atoms with Crippen LogP contribution in [0.15, 0.2) is 24.3 Å². The van der Waals surface area contributed by atoms with Crippen molar-refractivity contribution in [2.24, 2.45) is 5.92 Å². The fourth-order valence-corrected chi connectivity index (χ4v) is 4.89. The van der Waals surface area contributed by atoms with E-state index in [4.69, 9.17) is 4.98 Å². The van der Waals surface area contributed by atoms with Gasteiger partial charge in [-0.2, -0.15) is 0 Å². The average molecular weight is 245 g/mol. The second-order valence-corrected chi connectivity index (χ2v) is 6.53. The Morgan fingerprint density at radius 2 is 2.24 bits per heavy atom. The summed E-state index contributed by atoms with van der Waals surface area (Å²) in [6.45, 7) is 0. The summed E-state index contributed by atoms with van der Waals surface area (Å²) in [5.74, 6) is 0.733. The van der Waals surface area contributed by atoms with E-state index in [1.54, 1.807) is 11.3 Å². The van der Waals surface area contributed by atoms with Gasteiger partial charge in [-0.1, -0.05) is 12.1 Å². The number of hydrogen-bond acceptors (Lipinski definition) is 3. The highest BCUT2D eigenvalue weighted by Gasteiger charge is 2.54. The standard InChI is InChI=1S/C14H15NOS/c16-12-7-9-5-6-14(12,8-9)13-15-10-3-1-2-4-11(10)17-13/h1-4,9,12,16H,5-8H2/t9-,12-,14-/m1/s1. The van der Waals surface area contributed by atoms with Crippen LogP contribution in [-0.2, 0) is 5.41 Å². The van der Waals surface area contributed by atoms with Gasteiger partial charge in [-0.25, -0.2) is 4.98 Å². The first-order chi connectivity index (χ1) is 8.28. The van der Waals surface area contributed by atoms with Crippen LogP contribution in [0.25, 0.3) is 10.2 Å². The van der Waals surface area contributed by atoms with Crippen LogP contribution in [0.1, 0.15) is 30.7 Å². The molecule has 2 bridgehead atoms. The summed E-state index contributed by atoms with van der Waals surface area (Å²) in [5.41, 5.74) is 1.08. The van der Waals surface area contributed by atoms with Gasteiger partial charge in [0.1, 0.15) is 5.01 Å². The molecule has 1 aromatic heterocycles. The Morgan fingerprint density at radius 3 is 2.94 bits per heavy atom. The molecule has 0 radical (unpaired) electrons. The Kier molecular flexibility index (Phi) is 1.95. The Bertz CT molecular complexity index is 545. The molecule has 88 valence electrons. The molecule has 2 saturated carbocycles. The third-order valence-electron chi connectivity index (χ3n) is 4.57. The summed E-state index contributed by atoms with van der Waals surface area (Å²) in [5, 5.41) is 11.5. The van der Waals surface area contributed by atoms with E-state index < -0.39 is 0 Å². The van der Waals surface area contributed by atoms with Crippen molar-refractivity contribution in [3.63, 3.8) is 0 Å². The number of aliphatic hydroxyl groups excluding tert-OH is 1. The summed E-state index contributed by atoms with van der Waals surface area (Å²) >= 11 is 1.78. The highest BCUT2D eigenvalue weighted by atomic mass is 32.1. The highest BCUT2D eigenvalue weighted by molar-refractivity contribution is 7.18. The van der Waals surface area contributed by atoms with Gasteiger partial charge in [0.2, 0.25) is 0 Å². The molecule has 1 heterocycles. The van der Waals surface area contributed by atoms with E-state index in [0.29, 0.717) is 0 Å². The van der Waals surface area contributed by atoms with Crippen LogP contribution in [-0.4, -0.2) is 16.2 Å². The lowest BCUT2D eigenvalue weighted by molar-refractivity contribution is 0.0890. The van der Waals surface area contributed by atoms with E-state index >= 15 is 0 Å². The summed E-state index contributed by atoms with van der Waals surface area (Å²) in [4.78, 5) is 4.77. The number of thiazole rings is 1. The van der Waals surface area contributed by atoms with E-state index in [0.717, 1.165) is 30.7 Å². The Balaban J connectivity index is 1.88. The molecule has 2 aliphatic carbocycles. The molecule has 3 heteroatoms. The lowest BCUT2D eigenvalue weighted by Gasteiger charge is -2.29. The second-order valence-electron chi connectivity index (χ2n) is 5.50. The lowest BCUT2D eigenvalue weighted by atomic mass is 9.82. The molecule has 2 fully saturated rings. The Hall–Kier alpha value is -0.930. The zero-order chi connectivity index (χ0) is 11.5. The van der Waals surface area contributed by atoms with Gasteiger partial charge < -0.3 is 5.11 Å². The van der Waals surface area contributed by atoms with E-state index in [2.05, 4.69) is 18.2 Å². The number of benzene rings is 1. The topological polar surface area (TPSA) is 33.1 Å². The number of aliphatic hydroxyl groups is 1. The van der Waals surface area contributed by atoms with Crippen molar-refractivity contribution in [1.29, 1.82) is 0 Å². The minimum absolute atomic E-state index is 0.00560. The van der Waals surface area contributed by atoms with E-state index in [1.807, 2.05) is 6.07 Å². The highest BCUT2D eigenvalue weighted by Crippen LogP contribution is 2.56. The fraction of sp³-hybridized carbons (Fsp3) is 0.500. The van der Waals surface area contributed by atoms with Gasteiger partial charge in [-0.15, -0.1) is 11.3 Å². The maximum absolute atomic E-state index is 10.3. The second kappa shape index (κ2) is 3.30. The van der Waals surface area contributed by atoms with Crippen molar-refractivity contribution in [2.45, 2.75) is 37.2 Å². The number of hydrogen-bond donors (Lipinski definition) is 1. The predicted molar refractivity (Wildman–Crippen MR) is 69.3 cm³/mol. The van der Waals surface area contributed by atoms with Crippen molar-refractivity contribution < 1.29 is 5.11 Å². The van der Waals surface area contributed by atoms with Crippen LogP contribution in [0.4, 0.5) is 0 Å². The molecule has 2 nitrogen and oxygen atoms in total. The third-order valence-corrected chi connectivity index (χ3v) is 5.82. The van der Waals surface area contributed by atoms with Crippen molar-refractivity contribution in [1.82, 2.24) is 4.98 Å². The van der Waals surface area contributed by atoms with E-state index in [9.17, 15) is 5.11 Å². The maximum atomic E-state index is 10.3. The monoisotopic (exact) mass is 245 g/mol. The van der Waals surface area contributed by atoms with Crippen LogP contribution in [0.5, 0.6) is 0 Å². The Labute approximate surface area is 104 Å². The van der Waals surface area contributed by atoms with E-state index in [1.165, 1.54) is 16.1 Å². The summed E-state index contributed by atoms with van der Waals surface area (Å²) < 4.78 is 1.25. The first-order valence-corrected chi connectivity index (χ1v) is 7.14. The number of fused-ring (bicyclic) bond motifs is 3. The van der Waals surface area contributed by atoms with Crippen molar-refractivity contribution >= 4 is 21.6 Å². The zero-order valence-electron chi connectivity index (χ0n) is 9.60. The minimum atomic E-state index is -0.165. The zero-order valence-corrected chi connectivity index (χ0v) is 10.4. The van der Waals surface area contributed by atoms with Crippen LogP contribution in [0.3, 0.4) is 0 Å². The summed E-state index contributed by atoms with van der Waals surface area (Å²) in [6.07, 6.45) is 4.36. The van der Waals surface area contributed by atoms with Gasteiger partial charge in [-0.3, -0.25) is 0 Å². The molecule has 2 aliphatic rings. The molecular formula is C14H15NOS. The molecule has 1 aromatic carbocycles. The van der Waals surface area contributed by atoms with Gasteiger partial charge in [0.05, 0.1) is 16.3 Å². The lowest BCUT2D eigenvalue weighted by Crippen LogP contribution is -2.34. The quantitative estimate of drug-likeness (QED) is 0.837. The van der Waals surface area contributed by atoms with Gasteiger partial charge >= 0.3 is 0 Å². The van der Waals surface area contributed by atoms with Gasteiger partial charge in [0.25, 0.3) is 0 Å². The molecule has 0 amide bonds. The molecule has 2 aromatic rings. The number of rotatable bonds is 1.